The summed E-state index contributed by atoms with van der Waals surface area (Å²) in [6.45, 7) is 4.20. The first-order chi connectivity index (χ1) is 13.2. The highest BCUT2D eigenvalue weighted by Crippen LogP contribution is 2.25. The molecule has 0 radical (unpaired) electrons. The van der Waals surface area contributed by atoms with Gasteiger partial charge >= 0.3 is 0 Å². The van der Waals surface area contributed by atoms with E-state index in [2.05, 4.69) is 43.2 Å². The van der Waals surface area contributed by atoms with Crippen molar-refractivity contribution in [2.24, 2.45) is 0 Å². The molecule has 1 saturated heterocycles. The van der Waals surface area contributed by atoms with Crippen molar-refractivity contribution in [3.05, 3.63) is 75.8 Å². The molecule has 2 aromatic heterocycles. The van der Waals surface area contributed by atoms with Crippen LogP contribution >= 0.6 is 11.6 Å². The summed E-state index contributed by atoms with van der Waals surface area (Å²) < 4.78 is 0. The SMILES string of the molecule is O=c1[nH]ncc(N2CCN(Cc3cccnc3-c3ccccc3)CC2)c1Cl. The summed E-state index contributed by atoms with van der Waals surface area (Å²) in [5, 5.41) is 6.43. The van der Waals surface area contributed by atoms with Gasteiger partial charge in [-0.1, -0.05) is 48.0 Å². The molecule has 0 saturated carbocycles. The number of pyridine rings is 1. The normalized spacial score (nSPS) is 15.1. The molecule has 3 aromatic rings. The monoisotopic (exact) mass is 381 g/mol. The number of benzene rings is 1. The lowest BCUT2D eigenvalue weighted by Crippen LogP contribution is -2.46. The molecule has 1 aliphatic rings. The van der Waals surface area contributed by atoms with E-state index in [0.29, 0.717) is 5.69 Å². The fraction of sp³-hybridized carbons (Fsp3) is 0.250. The number of hydrogen-bond acceptors (Lipinski definition) is 5. The molecule has 138 valence electrons. The Hall–Kier alpha value is -2.70. The third kappa shape index (κ3) is 3.86. The van der Waals surface area contributed by atoms with Gasteiger partial charge in [0.1, 0.15) is 5.02 Å². The third-order valence-electron chi connectivity index (χ3n) is 4.82. The lowest BCUT2D eigenvalue weighted by molar-refractivity contribution is 0.250. The molecular weight excluding hydrogens is 362 g/mol. The Morgan fingerprint density at radius 2 is 1.81 bits per heavy atom. The zero-order chi connectivity index (χ0) is 18.6. The van der Waals surface area contributed by atoms with Crippen molar-refractivity contribution in [1.29, 1.82) is 0 Å². The van der Waals surface area contributed by atoms with E-state index in [4.69, 9.17) is 11.6 Å². The molecule has 0 spiro atoms. The zero-order valence-corrected chi connectivity index (χ0v) is 15.6. The molecule has 0 bridgehead atoms. The molecule has 4 rings (SSSR count). The summed E-state index contributed by atoms with van der Waals surface area (Å²) in [5.41, 5.74) is 3.73. The standard InChI is InChI=1S/C20H20ClN5O/c21-18-17(13-23-24-20(18)27)26-11-9-25(10-12-26)14-16-7-4-8-22-19(16)15-5-2-1-3-6-15/h1-8,13H,9-12,14H2,(H,24,27). The highest BCUT2D eigenvalue weighted by molar-refractivity contribution is 6.33. The van der Waals surface area contributed by atoms with Crippen LogP contribution in [-0.4, -0.2) is 46.3 Å². The Balaban J connectivity index is 1.46. The Morgan fingerprint density at radius 3 is 2.59 bits per heavy atom. The second-order valence-electron chi connectivity index (χ2n) is 6.54. The molecular formula is C20H20ClN5O. The highest BCUT2D eigenvalue weighted by Gasteiger charge is 2.21. The quantitative estimate of drug-likeness (QED) is 0.752. The van der Waals surface area contributed by atoms with Gasteiger partial charge in [0, 0.05) is 44.5 Å². The molecule has 1 aromatic carbocycles. The van der Waals surface area contributed by atoms with Crippen LogP contribution in [0.25, 0.3) is 11.3 Å². The number of nitrogens with one attached hydrogen (secondary N) is 1. The van der Waals surface area contributed by atoms with E-state index in [-0.39, 0.29) is 10.6 Å². The lowest BCUT2D eigenvalue weighted by Gasteiger charge is -2.36. The van der Waals surface area contributed by atoms with Crippen molar-refractivity contribution in [2.45, 2.75) is 6.54 Å². The van der Waals surface area contributed by atoms with Gasteiger partial charge in [0.2, 0.25) is 0 Å². The molecule has 3 heterocycles. The Morgan fingerprint density at radius 1 is 1.04 bits per heavy atom. The van der Waals surface area contributed by atoms with Crippen LogP contribution in [-0.2, 0) is 6.54 Å². The van der Waals surface area contributed by atoms with E-state index in [1.807, 2.05) is 30.5 Å². The maximum atomic E-state index is 11.7. The maximum absolute atomic E-state index is 11.7. The van der Waals surface area contributed by atoms with Crippen molar-refractivity contribution >= 4 is 17.3 Å². The van der Waals surface area contributed by atoms with Crippen LogP contribution in [0.5, 0.6) is 0 Å². The second kappa shape index (κ2) is 7.90. The van der Waals surface area contributed by atoms with Crippen LogP contribution < -0.4 is 10.5 Å². The third-order valence-corrected chi connectivity index (χ3v) is 5.19. The van der Waals surface area contributed by atoms with Crippen molar-refractivity contribution in [2.75, 3.05) is 31.1 Å². The van der Waals surface area contributed by atoms with E-state index in [0.717, 1.165) is 44.0 Å². The zero-order valence-electron chi connectivity index (χ0n) is 14.8. The van der Waals surface area contributed by atoms with E-state index in [1.165, 1.54) is 5.56 Å². The molecule has 7 heteroatoms. The van der Waals surface area contributed by atoms with Gasteiger partial charge in [0.05, 0.1) is 17.6 Å². The summed E-state index contributed by atoms with van der Waals surface area (Å²) >= 11 is 6.13. The van der Waals surface area contributed by atoms with Crippen LogP contribution in [0.2, 0.25) is 5.02 Å². The summed E-state index contributed by atoms with van der Waals surface area (Å²) in [6.07, 6.45) is 3.46. The van der Waals surface area contributed by atoms with Crippen molar-refractivity contribution < 1.29 is 0 Å². The predicted molar refractivity (Wildman–Crippen MR) is 107 cm³/mol. The Kier molecular flexibility index (Phi) is 5.18. The number of H-pyrrole nitrogens is 1. The van der Waals surface area contributed by atoms with Gasteiger partial charge in [-0.3, -0.25) is 14.7 Å². The van der Waals surface area contributed by atoms with Crippen LogP contribution in [0.15, 0.2) is 59.7 Å². The Bertz CT molecular complexity index is 967. The molecule has 1 N–H and O–H groups in total. The molecule has 0 amide bonds. The van der Waals surface area contributed by atoms with Gasteiger partial charge < -0.3 is 4.90 Å². The fourth-order valence-electron chi connectivity index (χ4n) is 3.40. The van der Waals surface area contributed by atoms with Crippen LogP contribution in [0.1, 0.15) is 5.56 Å². The van der Waals surface area contributed by atoms with E-state index >= 15 is 0 Å². The fourth-order valence-corrected chi connectivity index (χ4v) is 3.62. The molecule has 0 unspecified atom stereocenters. The summed E-state index contributed by atoms with van der Waals surface area (Å²) in [6, 6.07) is 14.4. The van der Waals surface area contributed by atoms with Crippen molar-refractivity contribution in [1.82, 2.24) is 20.1 Å². The molecule has 1 fully saturated rings. The topological polar surface area (TPSA) is 65.1 Å². The van der Waals surface area contributed by atoms with Gasteiger partial charge in [-0.25, -0.2) is 5.10 Å². The minimum absolute atomic E-state index is 0.206. The van der Waals surface area contributed by atoms with Crippen molar-refractivity contribution in [3.8, 4) is 11.3 Å². The minimum Gasteiger partial charge on any atom is -0.366 e. The lowest BCUT2D eigenvalue weighted by atomic mass is 10.1. The highest BCUT2D eigenvalue weighted by atomic mass is 35.5. The number of aromatic amines is 1. The largest absolute Gasteiger partial charge is 0.366 e. The number of anilines is 1. The van der Waals surface area contributed by atoms with Gasteiger partial charge in [-0.15, -0.1) is 0 Å². The van der Waals surface area contributed by atoms with Gasteiger partial charge in [0.15, 0.2) is 0 Å². The minimum atomic E-state index is -0.348. The predicted octanol–water partition coefficient (Wildman–Crippen LogP) is 2.81. The summed E-state index contributed by atoms with van der Waals surface area (Å²) in [4.78, 5) is 20.8. The number of halogens is 1. The van der Waals surface area contributed by atoms with E-state index < -0.39 is 0 Å². The molecule has 27 heavy (non-hydrogen) atoms. The number of aromatic nitrogens is 3. The second-order valence-corrected chi connectivity index (χ2v) is 6.92. The molecule has 0 aliphatic carbocycles. The average molecular weight is 382 g/mol. The average Bonchev–Trinajstić information content (AvgIpc) is 2.72. The summed E-state index contributed by atoms with van der Waals surface area (Å²) in [7, 11) is 0. The van der Waals surface area contributed by atoms with Crippen molar-refractivity contribution in [3.63, 3.8) is 0 Å². The molecule has 1 aliphatic heterocycles. The first-order valence-corrected chi connectivity index (χ1v) is 9.30. The van der Waals surface area contributed by atoms with E-state index in [9.17, 15) is 4.79 Å². The number of nitrogens with zero attached hydrogens (tertiary/aromatic N) is 4. The first kappa shape index (κ1) is 17.7. The number of rotatable bonds is 4. The number of piperazine rings is 1. The van der Waals surface area contributed by atoms with Gasteiger partial charge in [-0.2, -0.15) is 5.10 Å². The van der Waals surface area contributed by atoms with Crippen LogP contribution in [0.4, 0.5) is 5.69 Å². The maximum Gasteiger partial charge on any atom is 0.285 e. The molecule has 0 atom stereocenters. The van der Waals surface area contributed by atoms with E-state index in [1.54, 1.807) is 6.20 Å². The van der Waals surface area contributed by atoms with Crippen LogP contribution in [0.3, 0.4) is 0 Å². The molecule has 6 nitrogen and oxygen atoms in total. The van der Waals surface area contributed by atoms with Gasteiger partial charge in [-0.05, 0) is 11.6 Å². The Labute approximate surface area is 162 Å². The number of hydrogen-bond donors (Lipinski definition) is 1. The smallest absolute Gasteiger partial charge is 0.285 e. The summed E-state index contributed by atoms with van der Waals surface area (Å²) in [5.74, 6) is 0. The first-order valence-electron chi connectivity index (χ1n) is 8.92. The van der Waals surface area contributed by atoms with Gasteiger partial charge in [0.25, 0.3) is 5.56 Å². The van der Waals surface area contributed by atoms with Crippen LogP contribution in [0, 0.1) is 0 Å².